The second-order valence-corrected chi connectivity index (χ2v) is 8.50. The van der Waals surface area contributed by atoms with E-state index in [1.807, 2.05) is 0 Å². The summed E-state index contributed by atoms with van der Waals surface area (Å²) in [4.78, 5) is 32.7. The van der Waals surface area contributed by atoms with Crippen LogP contribution in [-0.4, -0.2) is 34.3 Å². The highest BCUT2D eigenvalue weighted by Crippen LogP contribution is 2.34. The van der Waals surface area contributed by atoms with Crippen LogP contribution in [-0.2, 0) is 15.5 Å². The van der Waals surface area contributed by atoms with E-state index < -0.39 is 35.6 Å². The number of alkyl halides is 2. The number of nitrogens with zero attached hydrogens (tertiary/aromatic N) is 3. The third-order valence-electron chi connectivity index (χ3n) is 5.39. The van der Waals surface area contributed by atoms with Gasteiger partial charge in [0, 0.05) is 18.7 Å². The maximum Gasteiger partial charge on any atom is 0.270 e. The van der Waals surface area contributed by atoms with Crippen molar-refractivity contribution in [3.63, 3.8) is 0 Å². The molecule has 0 unspecified atom stereocenters. The van der Waals surface area contributed by atoms with Crippen molar-refractivity contribution in [1.82, 2.24) is 9.88 Å². The number of benzene rings is 1. The van der Waals surface area contributed by atoms with E-state index >= 15 is 0 Å². The number of pyridine rings is 1. The molecule has 2 heterocycles. The second kappa shape index (κ2) is 8.49. The van der Waals surface area contributed by atoms with Gasteiger partial charge in [-0.3, -0.25) is 14.5 Å². The van der Waals surface area contributed by atoms with Crippen LogP contribution < -0.4 is 4.90 Å². The number of rotatable bonds is 5. The molecular formula is C22H23ClF3N3O2. The van der Waals surface area contributed by atoms with Gasteiger partial charge in [-0.15, -0.1) is 0 Å². The Labute approximate surface area is 183 Å². The highest BCUT2D eigenvalue weighted by atomic mass is 35.5. The topological polar surface area (TPSA) is 53.5 Å². The van der Waals surface area contributed by atoms with Crippen molar-refractivity contribution < 1.29 is 22.8 Å². The zero-order valence-electron chi connectivity index (χ0n) is 17.6. The van der Waals surface area contributed by atoms with Gasteiger partial charge in [0.2, 0.25) is 5.91 Å². The van der Waals surface area contributed by atoms with Crippen LogP contribution in [0.1, 0.15) is 44.9 Å². The maximum atomic E-state index is 14.4. The van der Waals surface area contributed by atoms with Crippen molar-refractivity contribution >= 4 is 29.2 Å². The van der Waals surface area contributed by atoms with Crippen LogP contribution in [0.5, 0.6) is 0 Å². The predicted octanol–water partition coefficient (Wildman–Crippen LogP) is 4.95. The van der Waals surface area contributed by atoms with Gasteiger partial charge in [0.05, 0.1) is 11.1 Å². The lowest BCUT2D eigenvalue weighted by atomic mass is 9.93. The number of amides is 2. The molecule has 0 saturated carbocycles. The van der Waals surface area contributed by atoms with Gasteiger partial charge in [0.25, 0.3) is 11.8 Å². The lowest BCUT2D eigenvalue weighted by Crippen LogP contribution is -2.62. The molecule has 0 radical (unpaired) electrons. The van der Waals surface area contributed by atoms with Gasteiger partial charge >= 0.3 is 0 Å². The van der Waals surface area contributed by atoms with Crippen molar-refractivity contribution in [1.29, 1.82) is 0 Å². The minimum Gasteiger partial charge on any atom is -0.322 e. The standard InChI is InChI=1S/C22H23ClF3N3O2/c1-12(2)19-21(31)28(20-17(24)9-16(23)10-27-20)11-18(30)29(19)13(3)14-5-7-15(8-6-14)22(4,25)26/h5-10,12-13,19H,11H2,1-4H3/t13-,19+/m0/s1. The zero-order chi connectivity index (χ0) is 23.1. The van der Waals surface area contributed by atoms with E-state index in [1.165, 1.54) is 35.4 Å². The fourth-order valence-corrected chi connectivity index (χ4v) is 3.94. The Hall–Kier alpha value is -2.61. The minimum absolute atomic E-state index is 0.0776. The molecule has 0 spiro atoms. The van der Waals surface area contributed by atoms with Crippen LogP contribution in [0.15, 0.2) is 36.5 Å². The molecule has 0 aliphatic carbocycles. The van der Waals surface area contributed by atoms with Crippen molar-refractivity contribution in [3.8, 4) is 0 Å². The van der Waals surface area contributed by atoms with Crippen molar-refractivity contribution in [2.75, 3.05) is 11.4 Å². The molecule has 1 aromatic carbocycles. The zero-order valence-corrected chi connectivity index (χ0v) is 18.3. The average molecular weight is 454 g/mol. The molecule has 1 aromatic heterocycles. The van der Waals surface area contributed by atoms with Crippen molar-refractivity contribution in [2.45, 2.75) is 45.7 Å². The average Bonchev–Trinajstić information content (AvgIpc) is 2.68. The Balaban J connectivity index is 1.94. The number of carbonyl (C=O) groups is 2. The van der Waals surface area contributed by atoms with Crippen LogP contribution in [0.3, 0.4) is 0 Å². The second-order valence-electron chi connectivity index (χ2n) is 8.06. The van der Waals surface area contributed by atoms with Gasteiger partial charge in [-0.25, -0.2) is 18.2 Å². The normalized spacial score (nSPS) is 18.7. The largest absolute Gasteiger partial charge is 0.322 e. The van der Waals surface area contributed by atoms with Crippen LogP contribution >= 0.6 is 11.6 Å². The summed E-state index contributed by atoms with van der Waals surface area (Å²) in [6.07, 6.45) is 1.21. The van der Waals surface area contributed by atoms with Gasteiger partial charge in [0.1, 0.15) is 12.6 Å². The van der Waals surface area contributed by atoms with E-state index in [2.05, 4.69) is 4.98 Å². The Morgan fingerprint density at radius 1 is 1.16 bits per heavy atom. The fourth-order valence-electron chi connectivity index (χ4n) is 3.79. The number of hydrogen-bond acceptors (Lipinski definition) is 3. The molecule has 0 bridgehead atoms. The van der Waals surface area contributed by atoms with Gasteiger partial charge in [-0.2, -0.15) is 0 Å². The molecule has 2 amide bonds. The molecule has 166 valence electrons. The highest BCUT2D eigenvalue weighted by molar-refractivity contribution is 6.30. The Bertz CT molecular complexity index is 992. The molecule has 1 aliphatic heterocycles. The maximum absolute atomic E-state index is 14.4. The number of piperazine rings is 1. The predicted molar refractivity (Wildman–Crippen MR) is 111 cm³/mol. The summed E-state index contributed by atoms with van der Waals surface area (Å²) in [5, 5.41) is 0.0776. The first-order valence-electron chi connectivity index (χ1n) is 9.83. The van der Waals surface area contributed by atoms with E-state index in [0.29, 0.717) is 5.56 Å². The van der Waals surface area contributed by atoms with E-state index in [-0.39, 0.29) is 28.9 Å². The number of aromatic nitrogens is 1. The Kier molecular flexibility index (Phi) is 6.32. The molecule has 0 N–H and O–H groups in total. The molecule has 1 aliphatic rings. The molecule has 1 fully saturated rings. The fraction of sp³-hybridized carbons (Fsp3) is 0.409. The number of carbonyl (C=O) groups excluding carboxylic acids is 2. The summed E-state index contributed by atoms with van der Waals surface area (Å²) in [6.45, 7) is 5.72. The van der Waals surface area contributed by atoms with E-state index in [0.717, 1.165) is 17.9 Å². The number of hydrogen-bond donors (Lipinski definition) is 0. The molecule has 31 heavy (non-hydrogen) atoms. The lowest BCUT2D eigenvalue weighted by molar-refractivity contribution is -0.147. The van der Waals surface area contributed by atoms with Gasteiger partial charge in [0.15, 0.2) is 11.6 Å². The van der Waals surface area contributed by atoms with Crippen LogP contribution in [0.25, 0.3) is 0 Å². The minimum atomic E-state index is -2.98. The van der Waals surface area contributed by atoms with Gasteiger partial charge in [-0.05, 0) is 24.5 Å². The number of halogens is 4. The lowest BCUT2D eigenvalue weighted by Gasteiger charge is -2.44. The van der Waals surface area contributed by atoms with Gasteiger partial charge in [-0.1, -0.05) is 49.7 Å². The Morgan fingerprint density at radius 3 is 2.29 bits per heavy atom. The molecule has 1 saturated heterocycles. The SMILES string of the molecule is CC(C)[C@@H]1C(=O)N(c2ncc(Cl)cc2F)CC(=O)N1[C@@H](C)c1ccc(C(C)(F)F)cc1. The molecule has 9 heteroatoms. The number of anilines is 1. The van der Waals surface area contributed by atoms with Crippen molar-refractivity contribution in [3.05, 3.63) is 58.5 Å². The summed E-state index contributed by atoms with van der Waals surface area (Å²) in [5.41, 5.74) is 0.476. The molecule has 2 aromatic rings. The summed E-state index contributed by atoms with van der Waals surface area (Å²) in [5.74, 6) is -5.17. The summed E-state index contributed by atoms with van der Waals surface area (Å²) < 4.78 is 41.4. The van der Waals surface area contributed by atoms with E-state index in [1.54, 1.807) is 20.8 Å². The van der Waals surface area contributed by atoms with E-state index in [4.69, 9.17) is 11.6 Å². The van der Waals surface area contributed by atoms with Gasteiger partial charge < -0.3 is 4.90 Å². The Morgan fingerprint density at radius 2 is 1.77 bits per heavy atom. The molecular weight excluding hydrogens is 431 g/mol. The molecule has 3 rings (SSSR count). The molecule has 2 atom stereocenters. The smallest absolute Gasteiger partial charge is 0.270 e. The monoisotopic (exact) mass is 453 g/mol. The van der Waals surface area contributed by atoms with Crippen LogP contribution in [0, 0.1) is 11.7 Å². The summed E-state index contributed by atoms with van der Waals surface area (Å²) >= 11 is 5.74. The third kappa shape index (κ3) is 4.54. The summed E-state index contributed by atoms with van der Waals surface area (Å²) in [7, 11) is 0. The van der Waals surface area contributed by atoms with Crippen molar-refractivity contribution in [2.24, 2.45) is 5.92 Å². The quantitative estimate of drug-likeness (QED) is 0.644. The first kappa shape index (κ1) is 23.1. The van der Waals surface area contributed by atoms with E-state index in [9.17, 15) is 22.8 Å². The summed E-state index contributed by atoms with van der Waals surface area (Å²) in [6, 6.07) is 5.29. The third-order valence-corrected chi connectivity index (χ3v) is 5.60. The molecule has 5 nitrogen and oxygen atoms in total. The first-order valence-corrected chi connectivity index (χ1v) is 10.2. The highest BCUT2D eigenvalue weighted by Gasteiger charge is 2.45. The first-order chi connectivity index (χ1) is 14.4. The van der Waals surface area contributed by atoms with Crippen LogP contribution in [0.2, 0.25) is 5.02 Å². The van der Waals surface area contributed by atoms with Crippen LogP contribution in [0.4, 0.5) is 19.0 Å².